The first-order valence-electron chi connectivity index (χ1n) is 5.93. The van der Waals surface area contributed by atoms with Crippen molar-refractivity contribution in [2.24, 2.45) is 0 Å². The largest absolute Gasteiger partial charge is 0.480 e. The van der Waals surface area contributed by atoms with Gasteiger partial charge in [0.25, 0.3) is 0 Å². The predicted octanol–water partition coefficient (Wildman–Crippen LogP) is 0.969. The number of nitrogens with zero attached hydrogens (tertiary/aromatic N) is 1. The Kier molecular flexibility index (Phi) is 5.74. The number of nitrogens with one attached hydrogen (secondary N) is 1. The maximum absolute atomic E-state index is 12.1. The van der Waals surface area contributed by atoms with Crippen LogP contribution < -0.4 is 5.32 Å². The predicted molar refractivity (Wildman–Crippen MR) is 69.7 cm³/mol. The zero-order valence-electron chi connectivity index (χ0n) is 10.9. The summed E-state index contributed by atoms with van der Waals surface area (Å²) in [5.74, 6) is -0.521. The van der Waals surface area contributed by atoms with E-state index in [-0.39, 0.29) is 17.4 Å². The van der Waals surface area contributed by atoms with Crippen molar-refractivity contribution in [1.82, 2.24) is 10.2 Å². The van der Waals surface area contributed by atoms with Crippen LogP contribution in [0.2, 0.25) is 0 Å². The van der Waals surface area contributed by atoms with Crippen LogP contribution in [-0.4, -0.2) is 58.9 Å². The number of aliphatic carboxylic acids is 1. The van der Waals surface area contributed by atoms with Crippen molar-refractivity contribution in [2.75, 3.05) is 19.5 Å². The SMILES string of the molecule is CCC(COC)NC(=O)N1C(C)SCC1C(=O)O. The molecule has 0 bridgehead atoms. The molecule has 2 N–H and O–H groups in total. The van der Waals surface area contributed by atoms with E-state index < -0.39 is 12.0 Å². The molecule has 1 aliphatic heterocycles. The Balaban J connectivity index is 2.66. The minimum absolute atomic E-state index is 0.0882. The van der Waals surface area contributed by atoms with Crippen molar-refractivity contribution < 1.29 is 19.4 Å². The number of carboxylic acid groups (broad SMARTS) is 1. The Morgan fingerprint density at radius 3 is 2.78 bits per heavy atom. The molecule has 6 nitrogen and oxygen atoms in total. The van der Waals surface area contributed by atoms with E-state index in [4.69, 9.17) is 9.84 Å². The zero-order valence-corrected chi connectivity index (χ0v) is 11.7. The van der Waals surface area contributed by atoms with Crippen molar-refractivity contribution in [3.63, 3.8) is 0 Å². The fourth-order valence-electron chi connectivity index (χ4n) is 1.85. The number of amides is 2. The fourth-order valence-corrected chi connectivity index (χ4v) is 3.02. The Morgan fingerprint density at radius 1 is 1.61 bits per heavy atom. The summed E-state index contributed by atoms with van der Waals surface area (Å²) >= 11 is 1.47. The van der Waals surface area contributed by atoms with Crippen molar-refractivity contribution in [3.05, 3.63) is 0 Å². The fraction of sp³-hybridized carbons (Fsp3) is 0.818. The molecule has 3 unspecified atom stereocenters. The maximum Gasteiger partial charge on any atom is 0.327 e. The summed E-state index contributed by atoms with van der Waals surface area (Å²) in [4.78, 5) is 24.6. The van der Waals surface area contributed by atoms with E-state index in [0.717, 1.165) is 6.42 Å². The van der Waals surface area contributed by atoms with Crippen molar-refractivity contribution in [3.8, 4) is 0 Å². The van der Waals surface area contributed by atoms with E-state index in [2.05, 4.69) is 5.32 Å². The van der Waals surface area contributed by atoms with E-state index in [9.17, 15) is 9.59 Å². The van der Waals surface area contributed by atoms with Gasteiger partial charge in [-0.3, -0.25) is 4.90 Å². The molecule has 104 valence electrons. The summed E-state index contributed by atoms with van der Waals surface area (Å²) in [5.41, 5.74) is 0. The average Bonchev–Trinajstić information content (AvgIpc) is 2.70. The van der Waals surface area contributed by atoms with E-state index in [1.807, 2.05) is 13.8 Å². The summed E-state index contributed by atoms with van der Waals surface area (Å²) < 4.78 is 5.00. The normalized spacial score (nSPS) is 24.9. The highest BCUT2D eigenvalue weighted by molar-refractivity contribution is 8.00. The van der Waals surface area contributed by atoms with E-state index in [0.29, 0.717) is 12.4 Å². The molecule has 0 aromatic heterocycles. The third-order valence-corrected chi connectivity index (χ3v) is 4.15. The summed E-state index contributed by atoms with van der Waals surface area (Å²) in [7, 11) is 1.57. The number of thioether (sulfide) groups is 1. The molecule has 3 atom stereocenters. The van der Waals surface area contributed by atoms with Gasteiger partial charge in [-0.2, -0.15) is 0 Å². The lowest BCUT2D eigenvalue weighted by Gasteiger charge is -2.27. The Labute approximate surface area is 111 Å². The smallest absolute Gasteiger partial charge is 0.327 e. The number of urea groups is 1. The summed E-state index contributed by atoms with van der Waals surface area (Å²) in [6, 6.07) is -1.16. The van der Waals surface area contributed by atoms with E-state index in [1.165, 1.54) is 16.7 Å². The van der Waals surface area contributed by atoms with Crippen molar-refractivity contribution >= 4 is 23.8 Å². The van der Waals surface area contributed by atoms with Gasteiger partial charge in [0, 0.05) is 12.9 Å². The summed E-state index contributed by atoms with van der Waals surface area (Å²) in [6.07, 6.45) is 0.743. The second kappa shape index (κ2) is 6.84. The van der Waals surface area contributed by atoms with Crippen LogP contribution in [-0.2, 0) is 9.53 Å². The second-order valence-corrected chi connectivity index (χ2v) is 5.55. The first-order chi connectivity index (χ1) is 8.51. The third kappa shape index (κ3) is 3.52. The van der Waals surface area contributed by atoms with Gasteiger partial charge in [0.2, 0.25) is 0 Å². The Bertz CT molecular complexity index is 313. The van der Waals surface area contributed by atoms with E-state index in [1.54, 1.807) is 7.11 Å². The number of hydrogen-bond donors (Lipinski definition) is 2. The molecule has 0 radical (unpaired) electrons. The third-order valence-electron chi connectivity index (χ3n) is 2.93. The molecule has 7 heteroatoms. The maximum atomic E-state index is 12.1. The molecule has 1 aliphatic rings. The van der Waals surface area contributed by atoms with Crippen LogP contribution in [0.25, 0.3) is 0 Å². The Hall–Kier alpha value is -0.950. The number of rotatable bonds is 5. The van der Waals surface area contributed by atoms with Crippen LogP contribution in [0.15, 0.2) is 0 Å². The van der Waals surface area contributed by atoms with Crippen LogP contribution in [0.5, 0.6) is 0 Å². The number of carbonyl (C=O) groups is 2. The van der Waals surface area contributed by atoms with Gasteiger partial charge >= 0.3 is 12.0 Å². The minimum Gasteiger partial charge on any atom is -0.480 e. The first-order valence-corrected chi connectivity index (χ1v) is 6.98. The molecule has 18 heavy (non-hydrogen) atoms. The molecule has 1 heterocycles. The number of ether oxygens (including phenoxy) is 1. The van der Waals surface area contributed by atoms with Gasteiger partial charge in [-0.05, 0) is 13.3 Å². The van der Waals surface area contributed by atoms with Gasteiger partial charge in [-0.1, -0.05) is 6.92 Å². The lowest BCUT2D eigenvalue weighted by molar-refractivity contribution is -0.141. The summed E-state index contributed by atoms with van der Waals surface area (Å²) in [5, 5.41) is 11.8. The molecule has 0 aliphatic carbocycles. The molecule has 1 fully saturated rings. The number of hydrogen-bond acceptors (Lipinski definition) is 4. The Morgan fingerprint density at radius 2 is 2.28 bits per heavy atom. The average molecular weight is 276 g/mol. The number of carboxylic acids is 1. The lowest BCUT2D eigenvalue weighted by atomic mass is 10.2. The zero-order chi connectivity index (χ0) is 13.7. The highest BCUT2D eigenvalue weighted by Gasteiger charge is 2.39. The molecule has 0 saturated carbocycles. The van der Waals surface area contributed by atoms with Crippen molar-refractivity contribution in [1.29, 1.82) is 0 Å². The van der Waals surface area contributed by atoms with Gasteiger partial charge in [0.1, 0.15) is 6.04 Å². The van der Waals surface area contributed by atoms with Crippen LogP contribution in [0.1, 0.15) is 20.3 Å². The molecule has 2 amide bonds. The van der Waals surface area contributed by atoms with E-state index >= 15 is 0 Å². The second-order valence-electron chi connectivity index (χ2n) is 4.20. The van der Waals surface area contributed by atoms with Crippen molar-refractivity contribution in [2.45, 2.75) is 37.7 Å². The van der Waals surface area contributed by atoms with Gasteiger partial charge in [0.05, 0.1) is 18.0 Å². The molecule has 0 aromatic carbocycles. The molecule has 1 saturated heterocycles. The standard InChI is InChI=1S/C11H20N2O4S/c1-4-8(5-17-3)12-11(16)13-7(2)18-6-9(13)10(14)15/h7-9H,4-6H2,1-3H3,(H,12,16)(H,14,15). The van der Waals surface area contributed by atoms with Crippen LogP contribution >= 0.6 is 11.8 Å². The number of carbonyl (C=O) groups excluding carboxylic acids is 1. The monoisotopic (exact) mass is 276 g/mol. The van der Waals surface area contributed by atoms with Gasteiger partial charge < -0.3 is 15.2 Å². The molecular weight excluding hydrogens is 256 g/mol. The van der Waals surface area contributed by atoms with Crippen LogP contribution in [0.4, 0.5) is 4.79 Å². The topological polar surface area (TPSA) is 78.9 Å². The number of methoxy groups -OCH3 is 1. The molecule has 0 spiro atoms. The van der Waals surface area contributed by atoms with Gasteiger partial charge in [-0.25, -0.2) is 9.59 Å². The summed E-state index contributed by atoms with van der Waals surface area (Å²) in [6.45, 7) is 4.21. The van der Waals surface area contributed by atoms with Gasteiger partial charge in [-0.15, -0.1) is 11.8 Å². The minimum atomic E-state index is -0.957. The van der Waals surface area contributed by atoms with Crippen LogP contribution in [0.3, 0.4) is 0 Å². The lowest BCUT2D eigenvalue weighted by Crippen LogP contribution is -2.52. The quantitative estimate of drug-likeness (QED) is 0.782. The van der Waals surface area contributed by atoms with Crippen LogP contribution in [0, 0.1) is 0 Å². The van der Waals surface area contributed by atoms with Gasteiger partial charge in [0.15, 0.2) is 0 Å². The first kappa shape index (κ1) is 15.1. The highest BCUT2D eigenvalue weighted by atomic mass is 32.2. The highest BCUT2D eigenvalue weighted by Crippen LogP contribution is 2.28. The molecule has 1 rings (SSSR count). The molecular formula is C11H20N2O4S. The molecule has 0 aromatic rings.